The Kier molecular flexibility index (Phi) is 4.85. The van der Waals surface area contributed by atoms with E-state index in [1.807, 2.05) is 0 Å². The molecule has 0 spiro atoms. The highest BCUT2D eigenvalue weighted by Gasteiger charge is 2.32. The van der Waals surface area contributed by atoms with Gasteiger partial charge in [0.05, 0.1) is 16.7 Å². The summed E-state index contributed by atoms with van der Waals surface area (Å²) in [4.78, 5) is 11.0. The normalized spacial score (nSPS) is 20.4. The SMILES string of the molecule is O=C(O)C1CCCN(S(=O)(=O)Cc2ccc(Cl)c(F)c2)C1. The van der Waals surface area contributed by atoms with Crippen molar-refractivity contribution in [2.24, 2.45) is 5.92 Å². The lowest BCUT2D eigenvalue weighted by molar-refractivity contribution is -0.142. The Balaban J connectivity index is 2.14. The number of sulfonamides is 1. The largest absolute Gasteiger partial charge is 0.481 e. The van der Waals surface area contributed by atoms with E-state index in [1.165, 1.54) is 16.4 Å². The molecule has 5 nitrogen and oxygen atoms in total. The number of hydrogen-bond acceptors (Lipinski definition) is 3. The minimum atomic E-state index is -3.67. The van der Waals surface area contributed by atoms with Crippen LogP contribution in [0.5, 0.6) is 0 Å². The van der Waals surface area contributed by atoms with Crippen LogP contribution in [0.2, 0.25) is 5.02 Å². The van der Waals surface area contributed by atoms with E-state index in [2.05, 4.69) is 0 Å². The van der Waals surface area contributed by atoms with Gasteiger partial charge in [0.15, 0.2) is 0 Å². The van der Waals surface area contributed by atoms with Crippen molar-refractivity contribution in [1.29, 1.82) is 0 Å². The van der Waals surface area contributed by atoms with Gasteiger partial charge in [-0.05, 0) is 30.5 Å². The Labute approximate surface area is 127 Å². The summed E-state index contributed by atoms with van der Waals surface area (Å²) in [7, 11) is -3.67. The topological polar surface area (TPSA) is 74.7 Å². The summed E-state index contributed by atoms with van der Waals surface area (Å²) in [5.74, 6) is -2.72. The zero-order valence-electron chi connectivity index (χ0n) is 11.1. The van der Waals surface area contributed by atoms with Gasteiger partial charge < -0.3 is 5.11 Å². The van der Waals surface area contributed by atoms with Crippen LogP contribution in [0.3, 0.4) is 0 Å². The van der Waals surface area contributed by atoms with E-state index >= 15 is 0 Å². The van der Waals surface area contributed by atoms with E-state index in [0.29, 0.717) is 19.4 Å². The first-order valence-corrected chi connectivity index (χ1v) is 8.43. The quantitative estimate of drug-likeness (QED) is 0.914. The molecule has 1 saturated heterocycles. The molecule has 116 valence electrons. The summed E-state index contributed by atoms with van der Waals surface area (Å²) in [6.45, 7) is 0.260. The van der Waals surface area contributed by atoms with Gasteiger partial charge in [-0.3, -0.25) is 4.79 Å². The van der Waals surface area contributed by atoms with Crippen LogP contribution in [0, 0.1) is 11.7 Å². The van der Waals surface area contributed by atoms with Crippen LogP contribution in [0.4, 0.5) is 4.39 Å². The lowest BCUT2D eigenvalue weighted by Crippen LogP contribution is -2.42. The second-order valence-corrected chi connectivity index (χ2v) is 7.42. The summed E-state index contributed by atoms with van der Waals surface area (Å²) in [6.07, 6.45) is 0.974. The molecule has 1 aromatic carbocycles. The molecule has 1 aromatic rings. The van der Waals surface area contributed by atoms with E-state index in [0.717, 1.165) is 6.07 Å². The van der Waals surface area contributed by atoms with Gasteiger partial charge in [-0.15, -0.1) is 0 Å². The second-order valence-electron chi connectivity index (χ2n) is 5.04. The first kappa shape index (κ1) is 16.2. The third kappa shape index (κ3) is 3.93. The molecule has 8 heteroatoms. The van der Waals surface area contributed by atoms with E-state index in [1.54, 1.807) is 0 Å². The van der Waals surface area contributed by atoms with Gasteiger partial charge in [0.25, 0.3) is 0 Å². The lowest BCUT2D eigenvalue weighted by Gasteiger charge is -2.29. The van der Waals surface area contributed by atoms with Crippen LogP contribution in [-0.4, -0.2) is 36.9 Å². The molecular formula is C13H15ClFNO4S. The van der Waals surface area contributed by atoms with Gasteiger partial charge in [0.1, 0.15) is 5.82 Å². The molecule has 1 unspecified atom stereocenters. The number of piperidine rings is 1. The van der Waals surface area contributed by atoms with Crippen LogP contribution in [0.25, 0.3) is 0 Å². The number of benzene rings is 1. The first-order valence-electron chi connectivity index (χ1n) is 6.44. The van der Waals surface area contributed by atoms with Crippen molar-refractivity contribution >= 4 is 27.6 Å². The number of nitrogens with zero attached hydrogens (tertiary/aromatic N) is 1. The molecule has 1 aliphatic heterocycles. The molecule has 1 fully saturated rings. The van der Waals surface area contributed by atoms with Crippen molar-refractivity contribution in [3.05, 3.63) is 34.6 Å². The van der Waals surface area contributed by atoms with Crippen molar-refractivity contribution in [2.75, 3.05) is 13.1 Å². The fourth-order valence-electron chi connectivity index (χ4n) is 2.33. The zero-order valence-corrected chi connectivity index (χ0v) is 12.7. The molecule has 1 aliphatic rings. The predicted octanol–water partition coefficient (Wildman–Crippen LogP) is 2.11. The summed E-state index contributed by atoms with van der Waals surface area (Å²) >= 11 is 5.55. The Bertz CT molecular complexity index is 650. The number of aliphatic carboxylic acids is 1. The Morgan fingerprint density at radius 3 is 2.81 bits per heavy atom. The van der Waals surface area contributed by atoms with Crippen molar-refractivity contribution in [1.82, 2.24) is 4.31 Å². The molecule has 1 atom stereocenters. The van der Waals surface area contributed by atoms with E-state index in [4.69, 9.17) is 16.7 Å². The van der Waals surface area contributed by atoms with Crippen molar-refractivity contribution in [3.63, 3.8) is 0 Å². The van der Waals surface area contributed by atoms with Crippen LogP contribution in [0.15, 0.2) is 18.2 Å². The number of rotatable bonds is 4. The van der Waals surface area contributed by atoms with Gasteiger partial charge in [-0.1, -0.05) is 17.7 Å². The first-order chi connectivity index (χ1) is 9.79. The molecule has 0 aliphatic carbocycles. The van der Waals surface area contributed by atoms with Gasteiger partial charge in [0, 0.05) is 13.1 Å². The average Bonchev–Trinajstić information content (AvgIpc) is 2.43. The molecule has 1 heterocycles. The van der Waals surface area contributed by atoms with E-state index < -0.39 is 27.7 Å². The van der Waals surface area contributed by atoms with E-state index in [9.17, 15) is 17.6 Å². The highest BCUT2D eigenvalue weighted by atomic mass is 35.5. The minimum Gasteiger partial charge on any atom is -0.481 e. The lowest BCUT2D eigenvalue weighted by atomic mass is 10.0. The Morgan fingerprint density at radius 1 is 1.48 bits per heavy atom. The maximum Gasteiger partial charge on any atom is 0.307 e. The van der Waals surface area contributed by atoms with E-state index in [-0.39, 0.29) is 22.9 Å². The number of carboxylic acid groups (broad SMARTS) is 1. The monoisotopic (exact) mass is 335 g/mol. The summed E-state index contributed by atoms with van der Waals surface area (Å²) in [6, 6.07) is 3.83. The molecule has 0 aromatic heterocycles. The standard InChI is InChI=1S/C13H15ClFNO4S/c14-11-4-3-9(6-12(11)15)8-21(19,20)16-5-1-2-10(7-16)13(17)18/h3-4,6,10H,1-2,5,7-8H2,(H,17,18). The number of carboxylic acids is 1. The van der Waals surface area contributed by atoms with Gasteiger partial charge in [-0.25, -0.2) is 17.1 Å². The predicted molar refractivity (Wildman–Crippen MR) is 76.0 cm³/mol. The van der Waals surface area contributed by atoms with Gasteiger partial charge in [0.2, 0.25) is 10.0 Å². The average molecular weight is 336 g/mol. The van der Waals surface area contributed by atoms with Crippen LogP contribution in [-0.2, 0) is 20.6 Å². The highest BCUT2D eigenvalue weighted by Crippen LogP contribution is 2.23. The fraction of sp³-hybridized carbons (Fsp3) is 0.462. The molecule has 21 heavy (non-hydrogen) atoms. The molecular weight excluding hydrogens is 321 g/mol. The second kappa shape index (κ2) is 6.29. The maximum absolute atomic E-state index is 13.3. The molecule has 0 saturated carbocycles. The molecule has 0 radical (unpaired) electrons. The van der Waals surface area contributed by atoms with Crippen LogP contribution >= 0.6 is 11.6 Å². The van der Waals surface area contributed by atoms with Crippen molar-refractivity contribution < 1.29 is 22.7 Å². The Morgan fingerprint density at radius 2 is 2.19 bits per heavy atom. The highest BCUT2D eigenvalue weighted by molar-refractivity contribution is 7.88. The molecule has 0 amide bonds. The fourth-order valence-corrected chi connectivity index (χ4v) is 4.04. The third-order valence-electron chi connectivity index (χ3n) is 3.46. The maximum atomic E-state index is 13.3. The van der Waals surface area contributed by atoms with Crippen molar-refractivity contribution in [2.45, 2.75) is 18.6 Å². The molecule has 0 bridgehead atoms. The van der Waals surface area contributed by atoms with Crippen molar-refractivity contribution in [3.8, 4) is 0 Å². The van der Waals surface area contributed by atoms with Gasteiger partial charge in [-0.2, -0.15) is 0 Å². The Hall–Kier alpha value is -1.18. The van der Waals surface area contributed by atoms with Gasteiger partial charge >= 0.3 is 5.97 Å². The van der Waals surface area contributed by atoms with Crippen LogP contribution < -0.4 is 0 Å². The molecule has 1 N–H and O–H groups in total. The smallest absolute Gasteiger partial charge is 0.307 e. The number of hydrogen-bond donors (Lipinski definition) is 1. The third-order valence-corrected chi connectivity index (χ3v) is 5.58. The molecule has 2 rings (SSSR count). The van der Waals surface area contributed by atoms with Crippen LogP contribution in [0.1, 0.15) is 18.4 Å². The number of halogens is 2. The summed E-state index contributed by atoms with van der Waals surface area (Å²) in [5, 5.41) is 8.92. The summed E-state index contributed by atoms with van der Waals surface area (Å²) < 4.78 is 39.1. The zero-order chi connectivity index (χ0) is 15.6. The number of carbonyl (C=O) groups is 1. The summed E-state index contributed by atoms with van der Waals surface area (Å²) in [5.41, 5.74) is 0.286. The minimum absolute atomic E-state index is 0.0340.